The fourth-order valence-corrected chi connectivity index (χ4v) is 2.64. The number of benzene rings is 2. The van der Waals surface area contributed by atoms with Gasteiger partial charge in [-0.15, -0.1) is 0 Å². The van der Waals surface area contributed by atoms with Gasteiger partial charge in [0.15, 0.2) is 0 Å². The summed E-state index contributed by atoms with van der Waals surface area (Å²) in [4.78, 5) is 0. The van der Waals surface area contributed by atoms with E-state index in [0.717, 1.165) is 6.92 Å². The Bertz CT molecular complexity index is 723. The van der Waals surface area contributed by atoms with E-state index in [1.807, 2.05) is 0 Å². The summed E-state index contributed by atoms with van der Waals surface area (Å²) in [6, 6.07) is 7.89. The summed E-state index contributed by atoms with van der Waals surface area (Å²) in [6.45, 7) is 4.45. The first-order chi connectivity index (χ1) is 10.6. The maximum Gasteiger partial charge on any atom is 0.402 e. The van der Waals surface area contributed by atoms with E-state index in [1.165, 1.54) is 36.4 Å². The molecular weight excluding hydrogens is 305 g/mol. The van der Waals surface area contributed by atoms with Crippen LogP contribution in [-0.4, -0.2) is 16.4 Å². The number of hydrogen-bond donors (Lipinski definition) is 2. The minimum Gasteiger partial charge on any atom is -0.508 e. The maximum absolute atomic E-state index is 13.9. The second-order valence-electron chi connectivity index (χ2n) is 5.82. The number of phenols is 2. The van der Waals surface area contributed by atoms with Crippen molar-refractivity contribution in [1.29, 1.82) is 0 Å². The zero-order valence-corrected chi connectivity index (χ0v) is 13.2. The van der Waals surface area contributed by atoms with Gasteiger partial charge in [0, 0.05) is 0 Å². The molecule has 2 aromatic rings. The summed E-state index contributed by atoms with van der Waals surface area (Å²) in [5, 5.41) is 19.3. The summed E-state index contributed by atoms with van der Waals surface area (Å²) in [7, 11) is 0. The van der Waals surface area contributed by atoms with E-state index in [9.17, 15) is 23.4 Å². The lowest BCUT2D eigenvalue weighted by atomic mass is 9.74. The number of halogens is 3. The molecule has 0 spiro atoms. The zero-order valence-electron chi connectivity index (χ0n) is 13.2. The maximum atomic E-state index is 13.9. The summed E-state index contributed by atoms with van der Waals surface area (Å²) < 4.78 is 41.8. The topological polar surface area (TPSA) is 40.5 Å². The van der Waals surface area contributed by atoms with Gasteiger partial charge < -0.3 is 10.2 Å². The summed E-state index contributed by atoms with van der Waals surface area (Å²) in [5.74, 6) is -0.0547. The lowest BCUT2D eigenvalue weighted by molar-refractivity contribution is -0.173. The predicted octanol–water partition coefficient (Wildman–Crippen LogP) is 4.84. The lowest BCUT2D eigenvalue weighted by Crippen LogP contribution is -2.40. The van der Waals surface area contributed by atoms with Gasteiger partial charge >= 0.3 is 6.18 Å². The highest BCUT2D eigenvalue weighted by atomic mass is 19.4. The van der Waals surface area contributed by atoms with E-state index in [1.54, 1.807) is 13.8 Å². The Morgan fingerprint density at radius 3 is 1.91 bits per heavy atom. The van der Waals surface area contributed by atoms with Crippen LogP contribution in [0.4, 0.5) is 13.2 Å². The number of phenolic OH excluding ortho intramolecular Hbond substituents is 2. The van der Waals surface area contributed by atoms with Crippen molar-refractivity contribution >= 4 is 0 Å². The third-order valence-electron chi connectivity index (χ3n) is 4.38. The summed E-state index contributed by atoms with van der Waals surface area (Å²) in [5.41, 5.74) is -1.28. The zero-order chi connectivity index (χ0) is 17.4. The van der Waals surface area contributed by atoms with Crippen molar-refractivity contribution in [3.8, 4) is 11.5 Å². The molecule has 2 N–H and O–H groups in total. The number of hydrogen-bond acceptors (Lipinski definition) is 2. The van der Waals surface area contributed by atoms with Crippen LogP contribution in [0.25, 0.3) is 0 Å². The molecule has 124 valence electrons. The molecule has 0 radical (unpaired) electrons. The molecule has 0 aliphatic rings. The van der Waals surface area contributed by atoms with Crippen LogP contribution in [0.15, 0.2) is 36.4 Å². The van der Waals surface area contributed by atoms with E-state index in [0.29, 0.717) is 17.5 Å². The number of aromatic hydroxyl groups is 2. The van der Waals surface area contributed by atoms with Crippen molar-refractivity contribution in [3.05, 3.63) is 58.7 Å². The average molecular weight is 324 g/mol. The first kappa shape index (κ1) is 17.2. The quantitative estimate of drug-likeness (QED) is 0.848. The Kier molecular flexibility index (Phi) is 4.33. The van der Waals surface area contributed by atoms with Crippen LogP contribution in [0.5, 0.6) is 11.5 Å². The van der Waals surface area contributed by atoms with E-state index < -0.39 is 11.6 Å². The molecule has 2 nitrogen and oxygen atoms in total. The van der Waals surface area contributed by atoms with Crippen molar-refractivity contribution in [3.63, 3.8) is 0 Å². The average Bonchev–Trinajstić information content (AvgIpc) is 2.48. The van der Waals surface area contributed by atoms with Gasteiger partial charge in [0.05, 0.1) is 0 Å². The number of aryl methyl sites for hydroxylation is 2. The van der Waals surface area contributed by atoms with Gasteiger partial charge in [-0.2, -0.15) is 13.2 Å². The molecule has 2 rings (SSSR count). The normalized spacial score (nSPS) is 14.5. The molecule has 5 heteroatoms. The standard InChI is InChI=1S/C18H19F3O2/c1-4-12-10-14(6-8-16(12)23)17(3,18(19,20)21)13-5-7-15(22)11(2)9-13/h5-10,22-23H,4H2,1-3H3. The van der Waals surface area contributed by atoms with Crippen molar-refractivity contribution in [2.45, 2.75) is 38.8 Å². The van der Waals surface area contributed by atoms with Crippen LogP contribution in [0.3, 0.4) is 0 Å². The van der Waals surface area contributed by atoms with Crippen LogP contribution in [-0.2, 0) is 11.8 Å². The fraction of sp³-hybridized carbons (Fsp3) is 0.333. The molecule has 0 aliphatic heterocycles. The SMILES string of the molecule is CCc1cc(C(C)(c2ccc(O)c(C)c2)C(F)(F)F)ccc1O. The van der Waals surface area contributed by atoms with Gasteiger partial charge in [-0.05, 0) is 54.7 Å². The first-order valence-corrected chi connectivity index (χ1v) is 7.30. The molecule has 0 fully saturated rings. The van der Waals surface area contributed by atoms with E-state index in [-0.39, 0.29) is 22.6 Å². The highest BCUT2D eigenvalue weighted by Gasteiger charge is 2.53. The van der Waals surface area contributed by atoms with Crippen LogP contribution in [0.1, 0.15) is 36.1 Å². The lowest BCUT2D eigenvalue weighted by Gasteiger charge is -2.34. The summed E-state index contributed by atoms with van der Waals surface area (Å²) in [6.07, 6.45) is -4.10. The molecule has 23 heavy (non-hydrogen) atoms. The van der Waals surface area contributed by atoms with Crippen LogP contribution in [0.2, 0.25) is 0 Å². The van der Waals surface area contributed by atoms with Gasteiger partial charge in [-0.1, -0.05) is 31.2 Å². The molecule has 1 unspecified atom stereocenters. The second-order valence-corrected chi connectivity index (χ2v) is 5.82. The van der Waals surface area contributed by atoms with Gasteiger partial charge in [-0.3, -0.25) is 0 Å². The molecule has 0 saturated carbocycles. The highest BCUT2D eigenvalue weighted by molar-refractivity contribution is 5.48. The Morgan fingerprint density at radius 1 is 0.913 bits per heavy atom. The molecule has 0 aliphatic carbocycles. The van der Waals surface area contributed by atoms with Gasteiger partial charge in [0.1, 0.15) is 16.9 Å². The third kappa shape index (κ3) is 2.87. The van der Waals surface area contributed by atoms with Gasteiger partial charge in [0.2, 0.25) is 0 Å². The van der Waals surface area contributed by atoms with Crippen LogP contribution < -0.4 is 0 Å². The number of alkyl halides is 3. The van der Waals surface area contributed by atoms with Crippen LogP contribution >= 0.6 is 0 Å². The Hall–Kier alpha value is -2.17. The minimum absolute atomic E-state index is 0.0114. The fourth-order valence-electron chi connectivity index (χ4n) is 2.64. The van der Waals surface area contributed by atoms with E-state index in [2.05, 4.69) is 0 Å². The molecule has 0 bridgehead atoms. The Labute approximate surface area is 133 Å². The van der Waals surface area contributed by atoms with Crippen molar-refractivity contribution in [2.75, 3.05) is 0 Å². The smallest absolute Gasteiger partial charge is 0.402 e. The predicted molar refractivity (Wildman–Crippen MR) is 82.8 cm³/mol. The van der Waals surface area contributed by atoms with Crippen molar-refractivity contribution in [1.82, 2.24) is 0 Å². The van der Waals surface area contributed by atoms with Gasteiger partial charge in [0.25, 0.3) is 0 Å². The first-order valence-electron chi connectivity index (χ1n) is 7.30. The minimum atomic E-state index is -4.53. The third-order valence-corrected chi connectivity index (χ3v) is 4.38. The second kappa shape index (κ2) is 5.80. The molecular formula is C18H19F3O2. The van der Waals surface area contributed by atoms with E-state index >= 15 is 0 Å². The molecule has 1 atom stereocenters. The molecule has 2 aromatic carbocycles. The molecule has 0 saturated heterocycles. The van der Waals surface area contributed by atoms with Crippen molar-refractivity contribution in [2.24, 2.45) is 0 Å². The highest BCUT2D eigenvalue weighted by Crippen LogP contribution is 2.47. The largest absolute Gasteiger partial charge is 0.508 e. The summed E-state index contributed by atoms with van der Waals surface area (Å²) >= 11 is 0. The molecule has 0 amide bonds. The van der Waals surface area contributed by atoms with Crippen LogP contribution in [0, 0.1) is 6.92 Å². The van der Waals surface area contributed by atoms with Gasteiger partial charge in [-0.25, -0.2) is 0 Å². The monoisotopic (exact) mass is 324 g/mol. The Morgan fingerprint density at radius 2 is 1.43 bits per heavy atom. The molecule has 0 heterocycles. The number of rotatable bonds is 3. The van der Waals surface area contributed by atoms with Crippen molar-refractivity contribution < 1.29 is 23.4 Å². The molecule has 0 aromatic heterocycles. The van der Waals surface area contributed by atoms with E-state index in [4.69, 9.17) is 0 Å². The Balaban J connectivity index is 2.72.